The van der Waals surface area contributed by atoms with Gasteiger partial charge in [0.05, 0.1) is 5.56 Å². The van der Waals surface area contributed by atoms with Gasteiger partial charge in [-0.15, -0.1) is 0 Å². The molecule has 5 nitrogen and oxygen atoms in total. The Morgan fingerprint density at radius 3 is 2.05 bits per heavy atom. The largest absolute Gasteiger partial charge is 0.516 e. The Morgan fingerprint density at radius 2 is 1.62 bits per heavy atom. The normalized spacial score (nSPS) is 11.6. The maximum Gasteiger partial charge on any atom is 0.326 e. The number of benzene rings is 1. The average molecular weight is 323 g/mol. The molecule has 0 saturated heterocycles. The van der Waals surface area contributed by atoms with E-state index in [4.69, 9.17) is 8.98 Å². The van der Waals surface area contributed by atoms with E-state index < -0.39 is 29.3 Å². The quantitative estimate of drug-likeness (QED) is 0.643. The molecule has 8 heteroatoms. The second-order valence-electron chi connectivity index (χ2n) is 4.60. The van der Waals surface area contributed by atoms with Crippen molar-refractivity contribution in [1.29, 1.82) is 0 Å². The molecule has 0 aliphatic heterocycles. The first-order valence-corrected chi connectivity index (χ1v) is 10.6. The molecular formula is C13H20LiO5SSi. The predicted molar refractivity (Wildman–Crippen MR) is 84.6 cm³/mol. The summed E-state index contributed by atoms with van der Waals surface area (Å²) in [4.78, 5) is 11.8. The van der Waals surface area contributed by atoms with Gasteiger partial charge in [0, 0.05) is 18.9 Å². The summed E-state index contributed by atoms with van der Waals surface area (Å²) >= 11 is 0. The van der Waals surface area contributed by atoms with E-state index in [0.717, 1.165) is 18.1 Å². The molecule has 0 atom stereocenters. The van der Waals surface area contributed by atoms with Crippen LogP contribution in [0.15, 0.2) is 29.2 Å². The summed E-state index contributed by atoms with van der Waals surface area (Å²) in [5, 5.41) is 0. The van der Waals surface area contributed by atoms with Crippen molar-refractivity contribution in [2.24, 2.45) is 0 Å². The fourth-order valence-electron chi connectivity index (χ4n) is 2.08. The van der Waals surface area contributed by atoms with Crippen molar-refractivity contribution in [3.8, 4) is 0 Å². The molecule has 0 aliphatic carbocycles. The van der Waals surface area contributed by atoms with Crippen LogP contribution >= 0.6 is 0 Å². The standard InChI is InChI=1S/C13H20O5SSi.Li/c1-4-20(5-2,6-3)18-13(14)11-9-7-8-10-12(11)19(15,16)17;/h7-10H,4-6H2,1-3H3,(H,15,16,17);. The summed E-state index contributed by atoms with van der Waals surface area (Å²) in [6.45, 7) is 5.92. The van der Waals surface area contributed by atoms with Gasteiger partial charge in [0.2, 0.25) is 0 Å². The van der Waals surface area contributed by atoms with E-state index in [0.29, 0.717) is 0 Å². The van der Waals surface area contributed by atoms with E-state index in [1.165, 1.54) is 18.2 Å². The van der Waals surface area contributed by atoms with Crippen molar-refractivity contribution in [3.05, 3.63) is 29.8 Å². The van der Waals surface area contributed by atoms with Gasteiger partial charge in [-0.1, -0.05) is 32.9 Å². The number of hydrogen-bond donors (Lipinski definition) is 1. The van der Waals surface area contributed by atoms with E-state index in [1.54, 1.807) is 6.07 Å². The van der Waals surface area contributed by atoms with Crippen LogP contribution < -0.4 is 0 Å². The van der Waals surface area contributed by atoms with Crippen LogP contribution in [0.2, 0.25) is 18.1 Å². The second-order valence-corrected chi connectivity index (χ2v) is 10.7. The summed E-state index contributed by atoms with van der Waals surface area (Å²) < 4.78 is 37.4. The van der Waals surface area contributed by atoms with Gasteiger partial charge < -0.3 is 4.43 Å². The first-order chi connectivity index (χ1) is 9.29. The molecule has 1 N–H and O–H groups in total. The topological polar surface area (TPSA) is 80.7 Å². The number of carbonyl (C=O) groups is 1. The second kappa shape index (κ2) is 8.15. The molecule has 0 aromatic heterocycles. The van der Waals surface area contributed by atoms with Crippen molar-refractivity contribution >= 4 is 43.3 Å². The third-order valence-corrected chi connectivity index (χ3v) is 9.02. The summed E-state index contributed by atoms with van der Waals surface area (Å²) in [6, 6.07) is 7.87. The van der Waals surface area contributed by atoms with Crippen LogP contribution in [-0.4, -0.2) is 46.1 Å². The molecule has 0 saturated carbocycles. The van der Waals surface area contributed by atoms with E-state index >= 15 is 0 Å². The summed E-state index contributed by atoms with van der Waals surface area (Å²) in [5.74, 6) is -0.671. The maximum atomic E-state index is 12.2. The van der Waals surface area contributed by atoms with Crippen molar-refractivity contribution < 1.29 is 22.2 Å². The molecule has 0 fully saturated rings. The Bertz CT molecular complexity index is 576. The minimum atomic E-state index is -4.44. The molecule has 21 heavy (non-hydrogen) atoms. The van der Waals surface area contributed by atoms with Gasteiger partial charge in [-0.05, 0) is 30.3 Å². The molecule has 0 heterocycles. The molecule has 1 aromatic carbocycles. The zero-order valence-electron chi connectivity index (χ0n) is 12.9. The molecule has 0 amide bonds. The van der Waals surface area contributed by atoms with Gasteiger partial charge in [-0.3, -0.25) is 4.55 Å². The number of rotatable bonds is 6. The monoisotopic (exact) mass is 323 g/mol. The van der Waals surface area contributed by atoms with Gasteiger partial charge in [0.15, 0.2) is 0 Å². The first-order valence-electron chi connectivity index (χ1n) is 6.59. The molecule has 0 bridgehead atoms. The van der Waals surface area contributed by atoms with Crippen molar-refractivity contribution in [3.63, 3.8) is 0 Å². The van der Waals surface area contributed by atoms with E-state index in [-0.39, 0.29) is 24.4 Å². The average Bonchev–Trinajstić information content (AvgIpc) is 2.44. The van der Waals surface area contributed by atoms with Gasteiger partial charge in [-0.2, -0.15) is 8.42 Å². The Balaban J connectivity index is 0.00000400. The van der Waals surface area contributed by atoms with Crippen LogP contribution in [0.3, 0.4) is 0 Å². The zero-order valence-corrected chi connectivity index (χ0v) is 14.7. The zero-order chi connectivity index (χ0) is 15.4. The minimum Gasteiger partial charge on any atom is -0.516 e. The fraction of sp³-hybridized carbons (Fsp3) is 0.462. The summed E-state index contributed by atoms with van der Waals surface area (Å²) in [7, 11) is -6.61. The fourth-order valence-corrected chi connectivity index (χ4v) is 5.19. The van der Waals surface area contributed by atoms with Crippen LogP contribution in [0.1, 0.15) is 31.1 Å². The van der Waals surface area contributed by atoms with E-state index in [2.05, 4.69) is 0 Å². The Morgan fingerprint density at radius 1 is 1.14 bits per heavy atom. The van der Waals surface area contributed by atoms with Gasteiger partial charge >= 0.3 is 5.97 Å². The third kappa shape index (κ3) is 4.97. The van der Waals surface area contributed by atoms with Crippen LogP contribution in [0.5, 0.6) is 0 Å². The molecule has 113 valence electrons. The molecule has 1 rings (SSSR count). The van der Waals surface area contributed by atoms with Gasteiger partial charge in [0.25, 0.3) is 18.4 Å². The Labute approximate surface area is 139 Å². The molecule has 0 unspecified atom stereocenters. The Kier molecular flexibility index (Phi) is 7.93. The maximum absolute atomic E-state index is 12.2. The number of carbonyl (C=O) groups excluding carboxylic acids is 1. The first kappa shape index (κ1) is 20.4. The van der Waals surface area contributed by atoms with Crippen molar-refractivity contribution in [2.45, 2.75) is 43.8 Å². The van der Waals surface area contributed by atoms with Crippen LogP contribution in [-0.2, 0) is 14.5 Å². The SMILES string of the molecule is CC[Si](CC)(CC)OC(=O)c1ccccc1S(=O)(=O)O.[Li]. The molecule has 0 spiro atoms. The smallest absolute Gasteiger partial charge is 0.326 e. The molecular weight excluding hydrogens is 303 g/mol. The van der Waals surface area contributed by atoms with Gasteiger partial charge in [-0.25, -0.2) is 4.79 Å². The van der Waals surface area contributed by atoms with E-state index in [1.807, 2.05) is 20.8 Å². The summed E-state index contributed by atoms with van der Waals surface area (Å²) in [6.07, 6.45) is 0. The molecule has 1 radical (unpaired) electrons. The predicted octanol–water partition coefficient (Wildman–Crippen LogP) is 2.71. The number of hydrogen-bond acceptors (Lipinski definition) is 4. The molecule has 1 aromatic rings. The minimum absolute atomic E-state index is 0. The van der Waals surface area contributed by atoms with Crippen molar-refractivity contribution in [1.82, 2.24) is 0 Å². The van der Waals surface area contributed by atoms with Crippen LogP contribution in [0.4, 0.5) is 0 Å². The Hall–Kier alpha value is -0.586. The van der Waals surface area contributed by atoms with Crippen LogP contribution in [0.25, 0.3) is 0 Å². The van der Waals surface area contributed by atoms with Crippen LogP contribution in [0, 0.1) is 0 Å². The molecule has 0 aliphatic rings. The van der Waals surface area contributed by atoms with Gasteiger partial charge in [0.1, 0.15) is 4.90 Å². The summed E-state index contributed by atoms with van der Waals surface area (Å²) in [5.41, 5.74) is -0.109. The third-order valence-electron chi connectivity index (χ3n) is 3.63. The van der Waals surface area contributed by atoms with E-state index in [9.17, 15) is 13.2 Å². The van der Waals surface area contributed by atoms with Crippen molar-refractivity contribution in [2.75, 3.05) is 0 Å².